The van der Waals surface area contributed by atoms with E-state index in [1.54, 1.807) is 16.7 Å². The van der Waals surface area contributed by atoms with E-state index in [1.165, 1.54) is 4.90 Å². The Hall–Kier alpha value is -1.98. The number of carbonyl (C=O) groups is 1. The van der Waals surface area contributed by atoms with E-state index in [0.29, 0.717) is 6.54 Å². The summed E-state index contributed by atoms with van der Waals surface area (Å²) in [4.78, 5) is 15.6. The number of nitrogens with zero attached hydrogens (tertiary/aromatic N) is 1. The highest BCUT2D eigenvalue weighted by Crippen LogP contribution is 2.34. The third-order valence-corrected chi connectivity index (χ3v) is 4.87. The van der Waals surface area contributed by atoms with Crippen LogP contribution < -0.4 is 16.0 Å². The second-order valence-corrected chi connectivity index (χ2v) is 7.88. The van der Waals surface area contributed by atoms with E-state index in [0.717, 1.165) is 35.5 Å². The molecule has 134 valence electrons. The Morgan fingerprint density at radius 1 is 1.16 bits per heavy atom. The zero-order valence-corrected chi connectivity index (χ0v) is 16.0. The highest BCUT2D eigenvalue weighted by atomic mass is 32.2. The van der Waals surface area contributed by atoms with Gasteiger partial charge >= 0.3 is 0 Å². The SMILES string of the molecule is CNc1cc(Sc2ccccc2)ccc1N(C=O)CCCC(C)(C)N. The highest BCUT2D eigenvalue weighted by molar-refractivity contribution is 7.99. The van der Waals surface area contributed by atoms with Crippen molar-refractivity contribution in [1.29, 1.82) is 0 Å². The standard InChI is InChI=1S/C20H27N3OS/c1-20(2,21)12-7-13-23(15-24)19-11-10-17(14-18(19)22-3)25-16-8-5-4-6-9-16/h4-6,8-11,14-15,22H,7,12-13,21H2,1-3H3. The number of carbonyl (C=O) groups excluding carboxylic acids is 1. The van der Waals surface area contributed by atoms with Crippen molar-refractivity contribution < 1.29 is 4.79 Å². The molecular formula is C20H27N3OS. The maximum absolute atomic E-state index is 11.6. The zero-order valence-electron chi connectivity index (χ0n) is 15.2. The summed E-state index contributed by atoms with van der Waals surface area (Å²) in [6, 6.07) is 16.4. The van der Waals surface area contributed by atoms with Gasteiger partial charge < -0.3 is 16.0 Å². The molecule has 5 heteroatoms. The van der Waals surface area contributed by atoms with Gasteiger partial charge in [-0.15, -0.1) is 0 Å². The van der Waals surface area contributed by atoms with Gasteiger partial charge in [-0.3, -0.25) is 4.79 Å². The quantitative estimate of drug-likeness (QED) is 0.655. The predicted octanol–water partition coefficient (Wildman–Crippen LogP) is 4.36. The van der Waals surface area contributed by atoms with Crippen molar-refractivity contribution in [2.75, 3.05) is 23.8 Å². The van der Waals surface area contributed by atoms with Crippen LogP contribution in [-0.4, -0.2) is 25.5 Å². The fourth-order valence-corrected chi connectivity index (χ4v) is 3.47. The molecule has 3 N–H and O–H groups in total. The van der Waals surface area contributed by atoms with E-state index in [2.05, 4.69) is 29.6 Å². The van der Waals surface area contributed by atoms with E-state index >= 15 is 0 Å². The Balaban J connectivity index is 2.12. The Bertz CT molecular complexity index is 683. The summed E-state index contributed by atoms with van der Waals surface area (Å²) in [6.07, 6.45) is 2.63. The van der Waals surface area contributed by atoms with Crippen LogP contribution in [0.4, 0.5) is 11.4 Å². The molecule has 0 aliphatic rings. The van der Waals surface area contributed by atoms with Crippen LogP contribution in [0.1, 0.15) is 26.7 Å². The van der Waals surface area contributed by atoms with Crippen LogP contribution in [0.5, 0.6) is 0 Å². The first kappa shape index (κ1) is 19.3. The van der Waals surface area contributed by atoms with Gasteiger partial charge in [-0.1, -0.05) is 30.0 Å². The molecule has 0 aliphatic carbocycles. The second kappa shape index (κ2) is 8.92. The van der Waals surface area contributed by atoms with Crippen LogP contribution in [0.3, 0.4) is 0 Å². The first-order valence-corrected chi connectivity index (χ1v) is 9.30. The summed E-state index contributed by atoms with van der Waals surface area (Å²) in [5.74, 6) is 0. The highest BCUT2D eigenvalue weighted by Gasteiger charge is 2.14. The Morgan fingerprint density at radius 3 is 2.48 bits per heavy atom. The van der Waals surface area contributed by atoms with Crippen molar-refractivity contribution in [2.24, 2.45) is 5.73 Å². The Labute approximate surface area is 154 Å². The Morgan fingerprint density at radius 2 is 1.88 bits per heavy atom. The maximum atomic E-state index is 11.6. The molecule has 0 fully saturated rings. The number of rotatable bonds is 9. The molecule has 0 bridgehead atoms. The number of benzene rings is 2. The van der Waals surface area contributed by atoms with Crippen molar-refractivity contribution >= 4 is 29.5 Å². The summed E-state index contributed by atoms with van der Waals surface area (Å²) in [7, 11) is 1.88. The lowest BCUT2D eigenvalue weighted by molar-refractivity contribution is -0.107. The largest absolute Gasteiger partial charge is 0.386 e. The smallest absolute Gasteiger partial charge is 0.214 e. The first-order chi connectivity index (χ1) is 11.9. The molecule has 0 unspecified atom stereocenters. The average Bonchev–Trinajstić information content (AvgIpc) is 2.59. The molecule has 1 amide bonds. The van der Waals surface area contributed by atoms with E-state index < -0.39 is 0 Å². The molecule has 0 aliphatic heterocycles. The van der Waals surface area contributed by atoms with Crippen molar-refractivity contribution in [3.63, 3.8) is 0 Å². The number of nitrogens with one attached hydrogen (secondary N) is 1. The molecule has 0 saturated heterocycles. The van der Waals surface area contributed by atoms with Gasteiger partial charge in [0.15, 0.2) is 0 Å². The van der Waals surface area contributed by atoms with Gasteiger partial charge in [0, 0.05) is 28.9 Å². The molecule has 0 spiro atoms. The molecule has 2 aromatic carbocycles. The van der Waals surface area contributed by atoms with Crippen LogP contribution in [0.25, 0.3) is 0 Å². The van der Waals surface area contributed by atoms with E-state index in [1.807, 2.05) is 45.2 Å². The minimum Gasteiger partial charge on any atom is -0.386 e. The van der Waals surface area contributed by atoms with Crippen LogP contribution in [0.15, 0.2) is 58.3 Å². The van der Waals surface area contributed by atoms with E-state index in [-0.39, 0.29) is 5.54 Å². The lowest BCUT2D eigenvalue weighted by atomic mass is 10.00. The predicted molar refractivity (Wildman–Crippen MR) is 107 cm³/mol. The molecular weight excluding hydrogens is 330 g/mol. The monoisotopic (exact) mass is 357 g/mol. The van der Waals surface area contributed by atoms with Gasteiger partial charge in [0.25, 0.3) is 0 Å². The molecule has 0 radical (unpaired) electrons. The summed E-state index contributed by atoms with van der Waals surface area (Å²) in [5.41, 5.74) is 7.66. The van der Waals surface area contributed by atoms with Gasteiger partial charge in [-0.05, 0) is 57.0 Å². The van der Waals surface area contributed by atoms with E-state index in [4.69, 9.17) is 5.73 Å². The second-order valence-electron chi connectivity index (χ2n) is 6.74. The maximum Gasteiger partial charge on any atom is 0.214 e. The Kier molecular flexibility index (Phi) is 6.91. The van der Waals surface area contributed by atoms with E-state index in [9.17, 15) is 4.79 Å². The summed E-state index contributed by atoms with van der Waals surface area (Å²) in [6.45, 7) is 4.67. The molecule has 0 aromatic heterocycles. The zero-order chi connectivity index (χ0) is 18.3. The number of hydrogen-bond donors (Lipinski definition) is 2. The molecule has 0 saturated carbocycles. The average molecular weight is 358 g/mol. The summed E-state index contributed by atoms with van der Waals surface area (Å²) < 4.78 is 0. The fourth-order valence-electron chi connectivity index (χ4n) is 2.59. The lowest BCUT2D eigenvalue weighted by Gasteiger charge is -2.24. The number of hydrogen-bond acceptors (Lipinski definition) is 4. The van der Waals surface area contributed by atoms with Gasteiger partial charge in [-0.2, -0.15) is 0 Å². The molecule has 2 aromatic rings. The van der Waals surface area contributed by atoms with Gasteiger partial charge in [-0.25, -0.2) is 0 Å². The van der Waals surface area contributed by atoms with Crippen LogP contribution in [-0.2, 0) is 4.79 Å². The van der Waals surface area contributed by atoms with Crippen molar-refractivity contribution in [3.8, 4) is 0 Å². The summed E-state index contributed by atoms with van der Waals surface area (Å²) >= 11 is 1.70. The van der Waals surface area contributed by atoms with Crippen molar-refractivity contribution in [2.45, 2.75) is 42.0 Å². The van der Waals surface area contributed by atoms with Gasteiger partial charge in [0.1, 0.15) is 0 Å². The fraction of sp³-hybridized carbons (Fsp3) is 0.350. The number of anilines is 2. The minimum absolute atomic E-state index is 0.212. The van der Waals surface area contributed by atoms with Crippen molar-refractivity contribution in [3.05, 3.63) is 48.5 Å². The molecule has 2 rings (SSSR count). The number of amides is 1. The normalized spacial score (nSPS) is 11.2. The van der Waals surface area contributed by atoms with Crippen LogP contribution in [0.2, 0.25) is 0 Å². The summed E-state index contributed by atoms with van der Waals surface area (Å²) in [5, 5.41) is 3.20. The first-order valence-electron chi connectivity index (χ1n) is 8.48. The molecule has 0 heterocycles. The topological polar surface area (TPSA) is 58.4 Å². The molecule has 4 nitrogen and oxygen atoms in total. The minimum atomic E-state index is -0.212. The van der Waals surface area contributed by atoms with Crippen LogP contribution >= 0.6 is 11.8 Å². The molecule has 0 atom stereocenters. The van der Waals surface area contributed by atoms with Gasteiger partial charge in [0.2, 0.25) is 6.41 Å². The third kappa shape index (κ3) is 6.11. The molecule has 25 heavy (non-hydrogen) atoms. The third-order valence-electron chi connectivity index (χ3n) is 3.87. The number of nitrogens with two attached hydrogens (primary N) is 1. The van der Waals surface area contributed by atoms with Gasteiger partial charge in [0.05, 0.1) is 11.4 Å². The van der Waals surface area contributed by atoms with Crippen LogP contribution in [0, 0.1) is 0 Å². The lowest BCUT2D eigenvalue weighted by Crippen LogP contribution is -2.33. The van der Waals surface area contributed by atoms with Crippen molar-refractivity contribution in [1.82, 2.24) is 0 Å².